The molecule has 1 fully saturated rings. The molecule has 130 valence electrons. The van der Waals surface area contributed by atoms with Crippen LogP contribution in [0.5, 0.6) is 0 Å². The van der Waals surface area contributed by atoms with Gasteiger partial charge in [-0.1, -0.05) is 35.3 Å². The van der Waals surface area contributed by atoms with E-state index in [0.29, 0.717) is 0 Å². The number of hydrogen-bond acceptors (Lipinski definition) is 2. The third kappa shape index (κ3) is 2.96. The number of carbonyl (C=O) groups excluding carboxylic acids is 2. The van der Waals surface area contributed by atoms with Gasteiger partial charge in [-0.15, -0.1) is 0 Å². The topological polar surface area (TPSA) is 49.4 Å². The van der Waals surface area contributed by atoms with E-state index in [2.05, 4.69) is 5.32 Å². The molecule has 8 heteroatoms. The Bertz CT molecular complexity index is 871. The molecule has 0 bridgehead atoms. The Morgan fingerprint density at radius 3 is 2.48 bits per heavy atom. The molecule has 0 saturated carbocycles. The van der Waals surface area contributed by atoms with E-state index in [1.54, 1.807) is 0 Å². The maximum Gasteiger partial charge on any atom is 0.325 e. The molecule has 0 spiro atoms. The van der Waals surface area contributed by atoms with E-state index < -0.39 is 29.1 Å². The van der Waals surface area contributed by atoms with Crippen molar-refractivity contribution in [3.05, 3.63) is 69.2 Å². The van der Waals surface area contributed by atoms with E-state index in [1.807, 2.05) is 0 Å². The maximum absolute atomic E-state index is 14.0. The third-order valence-electron chi connectivity index (χ3n) is 4.12. The predicted molar refractivity (Wildman–Crippen MR) is 89.3 cm³/mol. The van der Waals surface area contributed by atoms with Crippen molar-refractivity contribution in [3.63, 3.8) is 0 Å². The highest BCUT2D eigenvalue weighted by Gasteiger charge is 2.50. The van der Waals surface area contributed by atoms with Gasteiger partial charge in [-0.25, -0.2) is 13.6 Å². The first-order valence-corrected chi connectivity index (χ1v) is 8.02. The van der Waals surface area contributed by atoms with Crippen LogP contribution in [-0.4, -0.2) is 16.8 Å². The lowest BCUT2D eigenvalue weighted by Gasteiger charge is -2.23. The van der Waals surface area contributed by atoms with Crippen LogP contribution in [0.1, 0.15) is 18.1 Å². The van der Waals surface area contributed by atoms with Crippen LogP contribution >= 0.6 is 23.2 Å². The van der Waals surface area contributed by atoms with Crippen LogP contribution in [0.3, 0.4) is 0 Å². The van der Waals surface area contributed by atoms with Crippen molar-refractivity contribution < 1.29 is 18.4 Å². The predicted octanol–water partition coefficient (Wildman–Crippen LogP) is 4.24. The van der Waals surface area contributed by atoms with Gasteiger partial charge in [0.15, 0.2) is 0 Å². The van der Waals surface area contributed by atoms with Gasteiger partial charge in [-0.3, -0.25) is 9.69 Å². The average molecular weight is 385 g/mol. The zero-order valence-electron chi connectivity index (χ0n) is 12.9. The summed E-state index contributed by atoms with van der Waals surface area (Å²) in [4.78, 5) is 26.0. The van der Waals surface area contributed by atoms with E-state index in [4.69, 9.17) is 23.2 Å². The van der Waals surface area contributed by atoms with Crippen molar-refractivity contribution in [2.75, 3.05) is 0 Å². The summed E-state index contributed by atoms with van der Waals surface area (Å²) in [5.41, 5.74) is -1.21. The van der Waals surface area contributed by atoms with Crippen LogP contribution in [-0.2, 0) is 16.9 Å². The lowest BCUT2D eigenvalue weighted by molar-refractivity contribution is -0.131. The molecule has 4 nitrogen and oxygen atoms in total. The van der Waals surface area contributed by atoms with Crippen LogP contribution in [0.4, 0.5) is 13.6 Å². The van der Waals surface area contributed by atoms with Gasteiger partial charge in [-0.2, -0.15) is 0 Å². The van der Waals surface area contributed by atoms with E-state index in [9.17, 15) is 18.4 Å². The molecule has 1 aliphatic rings. The van der Waals surface area contributed by atoms with E-state index in [0.717, 1.165) is 17.0 Å². The summed E-state index contributed by atoms with van der Waals surface area (Å²) in [5, 5.41) is 2.64. The molecule has 0 aromatic heterocycles. The normalized spacial score (nSPS) is 20.1. The van der Waals surface area contributed by atoms with Crippen LogP contribution < -0.4 is 5.32 Å². The molecule has 2 aromatic rings. The summed E-state index contributed by atoms with van der Waals surface area (Å²) >= 11 is 12.0. The number of carbonyl (C=O) groups is 2. The second-order valence-corrected chi connectivity index (χ2v) is 6.59. The second-order valence-electron chi connectivity index (χ2n) is 5.77. The van der Waals surface area contributed by atoms with Gasteiger partial charge < -0.3 is 5.32 Å². The largest absolute Gasteiger partial charge is 0.325 e. The summed E-state index contributed by atoms with van der Waals surface area (Å²) in [6.45, 7) is 1.12. The number of amides is 3. The van der Waals surface area contributed by atoms with Crippen molar-refractivity contribution >= 4 is 35.1 Å². The molecular weight excluding hydrogens is 373 g/mol. The molecule has 1 atom stereocenters. The van der Waals surface area contributed by atoms with Gasteiger partial charge in [0.2, 0.25) is 0 Å². The minimum atomic E-state index is -1.49. The monoisotopic (exact) mass is 384 g/mol. The van der Waals surface area contributed by atoms with Crippen molar-refractivity contribution in [2.45, 2.75) is 19.0 Å². The van der Waals surface area contributed by atoms with Gasteiger partial charge in [0.05, 0.1) is 6.54 Å². The zero-order chi connectivity index (χ0) is 18.4. The molecule has 1 aliphatic heterocycles. The Hall–Kier alpha value is -2.18. The number of halogens is 4. The lowest BCUT2D eigenvalue weighted by Crippen LogP contribution is -2.41. The molecule has 1 N–H and O–H groups in total. The highest BCUT2D eigenvalue weighted by atomic mass is 35.5. The summed E-state index contributed by atoms with van der Waals surface area (Å²) in [6, 6.07) is 6.89. The molecule has 1 unspecified atom stereocenters. The molecular formula is C17H12Cl2F2N2O2. The van der Waals surface area contributed by atoms with Gasteiger partial charge in [0, 0.05) is 21.2 Å². The number of nitrogens with one attached hydrogen (secondary N) is 1. The number of nitrogens with zero attached hydrogens (tertiary/aromatic N) is 1. The van der Waals surface area contributed by atoms with Crippen molar-refractivity contribution in [3.8, 4) is 0 Å². The molecule has 0 aliphatic carbocycles. The van der Waals surface area contributed by atoms with E-state index in [1.165, 1.54) is 31.2 Å². The lowest BCUT2D eigenvalue weighted by atomic mass is 9.92. The van der Waals surface area contributed by atoms with Crippen LogP contribution in [0, 0.1) is 11.6 Å². The van der Waals surface area contributed by atoms with Gasteiger partial charge >= 0.3 is 6.03 Å². The molecule has 3 amide bonds. The first kappa shape index (κ1) is 17.6. The Morgan fingerprint density at radius 1 is 1.12 bits per heavy atom. The SMILES string of the molecule is CC1(c2ccc(F)cc2Cl)NC(=O)N(Cc2c(F)cccc2Cl)C1=O. The first-order chi connectivity index (χ1) is 11.7. The molecule has 25 heavy (non-hydrogen) atoms. The van der Waals surface area contributed by atoms with Crippen LogP contribution in [0.2, 0.25) is 10.0 Å². The number of imide groups is 1. The minimum Gasteiger partial charge on any atom is -0.319 e. The van der Waals surface area contributed by atoms with Gasteiger partial charge in [0.1, 0.15) is 17.2 Å². The molecule has 0 radical (unpaired) electrons. The molecule has 2 aromatic carbocycles. The summed E-state index contributed by atoms with van der Waals surface area (Å²) < 4.78 is 27.2. The van der Waals surface area contributed by atoms with E-state index in [-0.39, 0.29) is 27.7 Å². The Kier molecular flexibility index (Phi) is 4.43. The number of urea groups is 1. The average Bonchev–Trinajstić information content (AvgIpc) is 2.74. The fourth-order valence-electron chi connectivity index (χ4n) is 2.76. The van der Waals surface area contributed by atoms with E-state index >= 15 is 0 Å². The highest BCUT2D eigenvalue weighted by molar-refractivity contribution is 6.32. The Balaban J connectivity index is 1.97. The summed E-state index contributed by atoms with van der Waals surface area (Å²) in [7, 11) is 0. The molecule has 3 rings (SSSR count). The maximum atomic E-state index is 14.0. The number of rotatable bonds is 3. The standard InChI is InChI=1S/C17H12Cl2F2N2O2/c1-17(11-6-5-9(20)7-13(11)19)15(24)23(16(25)22-17)8-10-12(18)3-2-4-14(10)21/h2-7H,8H2,1H3,(H,22,25). The fraction of sp³-hybridized carbons (Fsp3) is 0.176. The number of hydrogen-bond donors (Lipinski definition) is 1. The second kappa shape index (κ2) is 6.28. The third-order valence-corrected chi connectivity index (χ3v) is 4.79. The fourth-order valence-corrected chi connectivity index (χ4v) is 3.34. The summed E-state index contributed by atoms with van der Waals surface area (Å²) in [5.74, 6) is -1.82. The quantitative estimate of drug-likeness (QED) is 0.804. The number of benzene rings is 2. The van der Waals surface area contributed by atoms with Crippen LogP contribution in [0.15, 0.2) is 36.4 Å². The minimum absolute atomic E-state index is 0.00178. The zero-order valence-corrected chi connectivity index (χ0v) is 14.5. The van der Waals surface area contributed by atoms with Crippen molar-refractivity contribution in [1.29, 1.82) is 0 Å². The highest BCUT2D eigenvalue weighted by Crippen LogP contribution is 2.35. The van der Waals surface area contributed by atoms with Crippen molar-refractivity contribution in [1.82, 2.24) is 10.2 Å². The first-order valence-electron chi connectivity index (χ1n) is 7.26. The van der Waals surface area contributed by atoms with Crippen molar-refractivity contribution in [2.24, 2.45) is 0 Å². The van der Waals surface area contributed by atoms with Gasteiger partial charge in [0.25, 0.3) is 5.91 Å². The Morgan fingerprint density at radius 2 is 1.84 bits per heavy atom. The van der Waals surface area contributed by atoms with Gasteiger partial charge in [-0.05, 0) is 31.2 Å². The Labute approximate surface area is 152 Å². The smallest absolute Gasteiger partial charge is 0.319 e. The molecule has 1 heterocycles. The molecule has 1 saturated heterocycles. The summed E-state index contributed by atoms with van der Waals surface area (Å²) in [6.07, 6.45) is 0. The van der Waals surface area contributed by atoms with Crippen LogP contribution in [0.25, 0.3) is 0 Å².